The second-order valence-electron chi connectivity index (χ2n) is 8.88. The van der Waals surface area contributed by atoms with Crippen LogP contribution in [0.3, 0.4) is 0 Å². The molecule has 0 aliphatic rings. The first-order valence-corrected chi connectivity index (χ1v) is 12.8. The number of nitrogens with one attached hydrogen (secondary N) is 3. The molecular formula is C27H28ClN9O2. The van der Waals surface area contributed by atoms with E-state index in [0.29, 0.717) is 35.7 Å². The molecule has 0 aliphatic heterocycles. The van der Waals surface area contributed by atoms with Crippen LogP contribution in [0.4, 0.5) is 22.1 Å². The van der Waals surface area contributed by atoms with Crippen molar-refractivity contribution in [3.8, 4) is 11.8 Å². The van der Waals surface area contributed by atoms with Gasteiger partial charge in [-0.3, -0.25) is 9.36 Å². The van der Waals surface area contributed by atoms with E-state index in [1.54, 1.807) is 42.5 Å². The van der Waals surface area contributed by atoms with Crippen LogP contribution in [0.1, 0.15) is 44.6 Å². The standard InChI is InChI=1S/C27H28ClN9O2/c1-4-15(3)22(36-24-18(13-29)23(30)32-14-33-24)25-35-20-11-7-10-19(28)21(20)26(38)37(25)17-9-6-8-16(12-17)34-27(39)31-5-2/h6-12,14-15,22H,4-5H2,1-3H3,(H2,31,34,39)(H3,30,32,33,36)/t15-,22-/m0/s1. The maximum absolute atomic E-state index is 14.1. The normalized spacial score (nSPS) is 12.4. The Bertz CT molecular complexity index is 1630. The highest BCUT2D eigenvalue weighted by atomic mass is 35.5. The highest BCUT2D eigenvalue weighted by Gasteiger charge is 2.28. The van der Waals surface area contributed by atoms with Gasteiger partial charge in [0.15, 0.2) is 0 Å². The van der Waals surface area contributed by atoms with Crippen LogP contribution < -0.4 is 27.2 Å². The van der Waals surface area contributed by atoms with Crippen LogP contribution >= 0.6 is 11.6 Å². The highest BCUT2D eigenvalue weighted by molar-refractivity contribution is 6.35. The van der Waals surface area contributed by atoms with Gasteiger partial charge in [0.05, 0.1) is 27.7 Å². The van der Waals surface area contributed by atoms with Gasteiger partial charge < -0.3 is 21.7 Å². The van der Waals surface area contributed by atoms with Crippen molar-refractivity contribution >= 4 is 45.9 Å². The van der Waals surface area contributed by atoms with E-state index in [-0.39, 0.29) is 45.1 Å². The average molecular weight is 546 g/mol. The lowest BCUT2D eigenvalue weighted by molar-refractivity contribution is 0.252. The summed E-state index contributed by atoms with van der Waals surface area (Å²) in [5, 5.41) is 19.0. The van der Waals surface area contributed by atoms with Crippen LogP contribution in [0.2, 0.25) is 5.02 Å². The second-order valence-corrected chi connectivity index (χ2v) is 9.29. The molecule has 11 nitrogen and oxygen atoms in total. The van der Waals surface area contributed by atoms with Crippen LogP contribution in [0.25, 0.3) is 16.6 Å². The van der Waals surface area contributed by atoms with E-state index in [4.69, 9.17) is 22.3 Å². The number of anilines is 3. The summed E-state index contributed by atoms with van der Waals surface area (Å²) in [4.78, 5) is 39.3. The van der Waals surface area contributed by atoms with Gasteiger partial charge in [0, 0.05) is 12.2 Å². The number of rotatable bonds is 8. The Morgan fingerprint density at radius 3 is 2.69 bits per heavy atom. The van der Waals surface area contributed by atoms with Gasteiger partial charge in [-0.15, -0.1) is 0 Å². The molecule has 0 saturated carbocycles. The number of nitrogens with zero attached hydrogens (tertiary/aromatic N) is 5. The fourth-order valence-corrected chi connectivity index (χ4v) is 4.44. The summed E-state index contributed by atoms with van der Waals surface area (Å²) in [6, 6.07) is 13.1. The molecule has 0 aliphatic carbocycles. The van der Waals surface area contributed by atoms with Gasteiger partial charge in [-0.2, -0.15) is 5.26 Å². The first-order valence-electron chi connectivity index (χ1n) is 12.4. The van der Waals surface area contributed by atoms with Crippen molar-refractivity contribution in [2.45, 2.75) is 33.2 Å². The molecule has 0 bridgehead atoms. The molecule has 0 saturated heterocycles. The van der Waals surface area contributed by atoms with Crippen molar-refractivity contribution < 1.29 is 4.79 Å². The zero-order chi connectivity index (χ0) is 28.1. The van der Waals surface area contributed by atoms with Crippen molar-refractivity contribution in [3.05, 3.63) is 75.6 Å². The number of urea groups is 1. The molecule has 12 heteroatoms. The molecule has 2 atom stereocenters. The number of hydrogen-bond donors (Lipinski definition) is 4. The number of halogens is 1. The van der Waals surface area contributed by atoms with Gasteiger partial charge in [0.25, 0.3) is 5.56 Å². The molecule has 0 spiro atoms. The largest absolute Gasteiger partial charge is 0.382 e. The van der Waals surface area contributed by atoms with Crippen molar-refractivity contribution in [2.75, 3.05) is 22.9 Å². The average Bonchev–Trinajstić information content (AvgIpc) is 2.91. The van der Waals surface area contributed by atoms with E-state index in [0.717, 1.165) is 0 Å². The van der Waals surface area contributed by atoms with E-state index < -0.39 is 6.04 Å². The lowest BCUT2D eigenvalue weighted by atomic mass is 9.97. The third-order valence-electron chi connectivity index (χ3n) is 6.34. The van der Waals surface area contributed by atoms with Gasteiger partial charge in [0.1, 0.15) is 35.4 Å². The molecule has 39 heavy (non-hydrogen) atoms. The molecule has 2 heterocycles. The summed E-state index contributed by atoms with van der Waals surface area (Å²) < 4.78 is 1.47. The summed E-state index contributed by atoms with van der Waals surface area (Å²) in [7, 11) is 0. The Morgan fingerprint density at radius 2 is 1.97 bits per heavy atom. The van der Waals surface area contributed by atoms with Crippen molar-refractivity contribution in [2.24, 2.45) is 5.92 Å². The number of carbonyl (C=O) groups excluding carboxylic acids is 1. The number of benzene rings is 2. The lowest BCUT2D eigenvalue weighted by Gasteiger charge is -2.28. The minimum atomic E-state index is -0.576. The zero-order valence-corrected chi connectivity index (χ0v) is 22.5. The molecule has 4 aromatic rings. The Balaban J connectivity index is 1.97. The molecule has 5 N–H and O–H groups in total. The minimum absolute atomic E-state index is 0.0395. The Hall–Kier alpha value is -4.69. The predicted molar refractivity (Wildman–Crippen MR) is 152 cm³/mol. The number of nitrogen functional groups attached to an aromatic ring is 1. The van der Waals surface area contributed by atoms with E-state index in [1.165, 1.54) is 10.9 Å². The predicted octanol–water partition coefficient (Wildman–Crippen LogP) is 4.62. The Labute approximate surface area is 230 Å². The second kappa shape index (κ2) is 11.8. The van der Waals surface area contributed by atoms with Gasteiger partial charge >= 0.3 is 6.03 Å². The Morgan fingerprint density at radius 1 is 1.21 bits per heavy atom. The topological polar surface area (TPSA) is 164 Å². The summed E-state index contributed by atoms with van der Waals surface area (Å²) in [6.45, 7) is 6.29. The molecule has 2 amide bonds. The van der Waals surface area contributed by atoms with Crippen LogP contribution in [-0.2, 0) is 0 Å². The number of carbonyl (C=O) groups is 1. The maximum Gasteiger partial charge on any atom is 0.319 e. The molecule has 2 aromatic heterocycles. The van der Waals surface area contributed by atoms with Crippen LogP contribution in [0, 0.1) is 17.2 Å². The Kier molecular flexibility index (Phi) is 8.27. The van der Waals surface area contributed by atoms with E-state index in [9.17, 15) is 14.9 Å². The van der Waals surface area contributed by atoms with Crippen LogP contribution in [0.5, 0.6) is 0 Å². The summed E-state index contributed by atoms with van der Waals surface area (Å²) in [5.41, 5.74) is 7.02. The number of nitriles is 1. The van der Waals surface area contributed by atoms with Crippen molar-refractivity contribution in [3.63, 3.8) is 0 Å². The van der Waals surface area contributed by atoms with E-state index in [2.05, 4.69) is 25.9 Å². The molecular weight excluding hydrogens is 518 g/mol. The molecule has 0 unspecified atom stereocenters. The third kappa shape index (κ3) is 5.61. The van der Waals surface area contributed by atoms with Gasteiger partial charge in [-0.25, -0.2) is 19.7 Å². The summed E-state index contributed by atoms with van der Waals surface area (Å²) >= 11 is 6.46. The molecule has 2 aromatic carbocycles. The van der Waals surface area contributed by atoms with Crippen molar-refractivity contribution in [1.82, 2.24) is 24.8 Å². The summed E-state index contributed by atoms with van der Waals surface area (Å²) in [6.07, 6.45) is 1.98. The first kappa shape index (κ1) is 27.3. The number of hydrogen-bond acceptors (Lipinski definition) is 8. The van der Waals surface area contributed by atoms with Gasteiger partial charge in [0.2, 0.25) is 0 Å². The van der Waals surface area contributed by atoms with E-state index >= 15 is 0 Å². The minimum Gasteiger partial charge on any atom is -0.382 e. The maximum atomic E-state index is 14.1. The fraction of sp³-hybridized carbons (Fsp3) is 0.259. The van der Waals surface area contributed by atoms with Crippen molar-refractivity contribution in [1.29, 1.82) is 5.26 Å². The quantitative estimate of drug-likeness (QED) is 0.249. The smallest absolute Gasteiger partial charge is 0.319 e. The molecule has 0 fully saturated rings. The number of fused-ring (bicyclic) bond motifs is 1. The first-order chi connectivity index (χ1) is 18.8. The fourth-order valence-electron chi connectivity index (χ4n) is 4.19. The highest BCUT2D eigenvalue weighted by Crippen LogP contribution is 2.32. The third-order valence-corrected chi connectivity index (χ3v) is 6.66. The zero-order valence-electron chi connectivity index (χ0n) is 21.7. The number of aromatic nitrogens is 4. The van der Waals surface area contributed by atoms with Gasteiger partial charge in [-0.1, -0.05) is 44.0 Å². The van der Waals surface area contributed by atoms with E-state index in [1.807, 2.05) is 26.8 Å². The van der Waals surface area contributed by atoms with Crippen LogP contribution in [-0.4, -0.2) is 32.1 Å². The molecule has 200 valence electrons. The monoisotopic (exact) mass is 545 g/mol. The van der Waals surface area contributed by atoms with Crippen LogP contribution in [0.15, 0.2) is 53.6 Å². The number of nitrogens with two attached hydrogens (primary N) is 1. The lowest BCUT2D eigenvalue weighted by Crippen LogP contribution is -2.32. The SMILES string of the molecule is CCNC(=O)Nc1cccc(-n2c([C@@H](Nc3ncnc(N)c3C#N)[C@@H](C)CC)nc3cccc(Cl)c3c2=O)c1. The van der Waals surface area contributed by atoms with Gasteiger partial charge in [-0.05, 0) is 43.2 Å². The summed E-state index contributed by atoms with van der Waals surface area (Å²) in [5.74, 6) is 0.575. The molecule has 4 rings (SSSR count). The molecule has 0 radical (unpaired) electrons. The number of amides is 2.